The van der Waals surface area contributed by atoms with Crippen LogP contribution in [0.25, 0.3) is 0 Å². The molecule has 0 aliphatic heterocycles. The summed E-state index contributed by atoms with van der Waals surface area (Å²) < 4.78 is 0. The number of thiophene rings is 1. The minimum atomic E-state index is 0.792. The van der Waals surface area contributed by atoms with Gasteiger partial charge in [0.2, 0.25) is 0 Å². The Morgan fingerprint density at radius 1 is 1.32 bits per heavy atom. The van der Waals surface area contributed by atoms with E-state index in [4.69, 9.17) is 11.6 Å². The van der Waals surface area contributed by atoms with Gasteiger partial charge in [-0.15, -0.1) is 0 Å². The van der Waals surface area contributed by atoms with E-state index < -0.39 is 0 Å². The maximum absolute atomic E-state index is 6.10. The lowest BCUT2D eigenvalue weighted by Crippen LogP contribution is -2.20. The highest BCUT2D eigenvalue weighted by Gasteiger charge is 2.08. The summed E-state index contributed by atoms with van der Waals surface area (Å²) in [4.78, 5) is 2.27. The van der Waals surface area contributed by atoms with Crippen molar-refractivity contribution < 1.29 is 0 Å². The lowest BCUT2D eigenvalue weighted by Gasteiger charge is -2.22. The van der Waals surface area contributed by atoms with Crippen LogP contribution in [0, 0.1) is 0 Å². The molecular weight excluding hydrogens is 276 g/mol. The first-order valence-corrected chi connectivity index (χ1v) is 7.74. The van der Waals surface area contributed by atoms with Crippen LogP contribution in [-0.2, 0) is 13.1 Å². The molecule has 0 fully saturated rings. The van der Waals surface area contributed by atoms with Crippen molar-refractivity contribution in [3.63, 3.8) is 0 Å². The fourth-order valence-electron chi connectivity index (χ4n) is 2.07. The molecule has 0 atom stereocenters. The fraction of sp³-hybridized carbons (Fsp3) is 0.333. The molecule has 0 amide bonds. The molecule has 1 aromatic heterocycles. The molecule has 0 saturated heterocycles. The fourth-order valence-corrected chi connectivity index (χ4v) is 2.92. The molecule has 2 nitrogen and oxygen atoms in total. The van der Waals surface area contributed by atoms with Gasteiger partial charge in [-0.3, -0.25) is 0 Å². The molecule has 2 aromatic rings. The van der Waals surface area contributed by atoms with Gasteiger partial charge in [0.15, 0.2) is 0 Å². The van der Waals surface area contributed by atoms with Gasteiger partial charge in [-0.25, -0.2) is 0 Å². The molecule has 19 heavy (non-hydrogen) atoms. The standard InChI is InChI=1S/C15H19ClN2S/c1-3-17-9-13-8-14(16)4-5-15(13)18(2)10-12-6-7-19-11-12/h4-8,11,17H,3,9-10H2,1-2H3. The Kier molecular flexibility index (Phi) is 5.25. The third-order valence-electron chi connectivity index (χ3n) is 3.02. The lowest BCUT2D eigenvalue weighted by atomic mass is 10.1. The Bertz CT molecular complexity index is 511. The van der Waals surface area contributed by atoms with Crippen LogP contribution in [0.4, 0.5) is 5.69 Å². The Labute approximate surface area is 124 Å². The molecule has 1 heterocycles. The van der Waals surface area contributed by atoms with Crippen molar-refractivity contribution in [2.75, 3.05) is 18.5 Å². The van der Waals surface area contributed by atoms with E-state index in [1.807, 2.05) is 12.1 Å². The summed E-state index contributed by atoms with van der Waals surface area (Å²) in [5.41, 5.74) is 3.82. The topological polar surface area (TPSA) is 15.3 Å². The van der Waals surface area contributed by atoms with Crippen LogP contribution in [0.1, 0.15) is 18.1 Å². The van der Waals surface area contributed by atoms with Gasteiger partial charge in [0.05, 0.1) is 0 Å². The summed E-state index contributed by atoms with van der Waals surface area (Å²) in [7, 11) is 2.12. The lowest BCUT2D eigenvalue weighted by molar-refractivity contribution is 0.723. The van der Waals surface area contributed by atoms with Gasteiger partial charge in [-0.2, -0.15) is 11.3 Å². The molecular formula is C15H19ClN2S. The molecule has 0 aliphatic carbocycles. The first-order chi connectivity index (χ1) is 9.20. The van der Waals surface area contributed by atoms with Crippen LogP contribution in [-0.4, -0.2) is 13.6 Å². The Morgan fingerprint density at radius 2 is 2.16 bits per heavy atom. The van der Waals surface area contributed by atoms with Gasteiger partial charge in [-0.05, 0) is 52.7 Å². The summed E-state index contributed by atoms with van der Waals surface area (Å²) in [6.07, 6.45) is 0. The van der Waals surface area contributed by atoms with Crippen molar-refractivity contribution >= 4 is 28.6 Å². The first kappa shape index (κ1) is 14.4. The van der Waals surface area contributed by atoms with Gasteiger partial charge in [0.1, 0.15) is 0 Å². The zero-order valence-corrected chi connectivity index (χ0v) is 12.9. The molecule has 0 bridgehead atoms. The molecule has 0 spiro atoms. The van der Waals surface area contributed by atoms with E-state index in [0.717, 1.165) is 24.7 Å². The molecule has 1 aromatic carbocycles. The number of rotatable bonds is 6. The van der Waals surface area contributed by atoms with Gasteiger partial charge in [0.25, 0.3) is 0 Å². The second-order valence-corrected chi connectivity index (χ2v) is 5.76. The molecule has 0 saturated carbocycles. The normalized spacial score (nSPS) is 10.7. The van der Waals surface area contributed by atoms with Crippen LogP contribution in [0.2, 0.25) is 5.02 Å². The van der Waals surface area contributed by atoms with E-state index in [2.05, 4.69) is 47.1 Å². The summed E-state index contributed by atoms with van der Waals surface area (Å²) in [6.45, 7) is 4.84. The summed E-state index contributed by atoms with van der Waals surface area (Å²) >= 11 is 7.84. The molecule has 4 heteroatoms. The molecule has 0 aliphatic rings. The van der Waals surface area contributed by atoms with Crippen molar-refractivity contribution in [3.05, 3.63) is 51.2 Å². The highest BCUT2D eigenvalue weighted by molar-refractivity contribution is 7.07. The van der Waals surface area contributed by atoms with Crippen LogP contribution in [0.5, 0.6) is 0 Å². The molecule has 102 valence electrons. The van der Waals surface area contributed by atoms with E-state index in [1.165, 1.54) is 16.8 Å². The second-order valence-electron chi connectivity index (χ2n) is 4.54. The highest BCUT2D eigenvalue weighted by atomic mass is 35.5. The molecule has 2 rings (SSSR count). The smallest absolute Gasteiger partial charge is 0.0434 e. The average Bonchev–Trinajstić information content (AvgIpc) is 2.89. The number of benzene rings is 1. The largest absolute Gasteiger partial charge is 0.370 e. The average molecular weight is 295 g/mol. The van der Waals surface area contributed by atoms with Crippen LogP contribution < -0.4 is 10.2 Å². The van der Waals surface area contributed by atoms with E-state index in [0.29, 0.717) is 0 Å². The van der Waals surface area contributed by atoms with Crippen molar-refractivity contribution in [1.82, 2.24) is 5.32 Å². The summed E-state index contributed by atoms with van der Waals surface area (Å²) in [6, 6.07) is 8.27. The van der Waals surface area contributed by atoms with Crippen molar-refractivity contribution in [1.29, 1.82) is 0 Å². The number of halogens is 1. The van der Waals surface area contributed by atoms with Gasteiger partial charge in [0, 0.05) is 30.8 Å². The molecule has 1 N–H and O–H groups in total. The SMILES string of the molecule is CCNCc1cc(Cl)ccc1N(C)Cc1ccsc1. The number of nitrogens with one attached hydrogen (secondary N) is 1. The number of hydrogen-bond acceptors (Lipinski definition) is 3. The minimum absolute atomic E-state index is 0.792. The number of hydrogen-bond donors (Lipinski definition) is 1. The van der Waals surface area contributed by atoms with E-state index in [1.54, 1.807) is 11.3 Å². The van der Waals surface area contributed by atoms with E-state index in [-0.39, 0.29) is 0 Å². The predicted octanol–water partition coefficient (Wildman–Crippen LogP) is 4.15. The molecule has 0 unspecified atom stereocenters. The van der Waals surface area contributed by atoms with Crippen molar-refractivity contribution in [3.8, 4) is 0 Å². The Balaban J connectivity index is 2.17. The first-order valence-electron chi connectivity index (χ1n) is 6.42. The van der Waals surface area contributed by atoms with Gasteiger partial charge < -0.3 is 10.2 Å². The second kappa shape index (κ2) is 6.94. The zero-order valence-electron chi connectivity index (χ0n) is 11.3. The monoisotopic (exact) mass is 294 g/mol. The summed E-state index contributed by atoms with van der Waals surface area (Å²) in [5.74, 6) is 0. The Morgan fingerprint density at radius 3 is 2.84 bits per heavy atom. The highest BCUT2D eigenvalue weighted by Crippen LogP contribution is 2.25. The summed E-state index contributed by atoms with van der Waals surface area (Å²) in [5, 5.41) is 8.46. The van der Waals surface area contributed by atoms with E-state index in [9.17, 15) is 0 Å². The zero-order chi connectivity index (χ0) is 13.7. The predicted molar refractivity (Wildman–Crippen MR) is 85.3 cm³/mol. The number of anilines is 1. The van der Waals surface area contributed by atoms with Crippen molar-refractivity contribution in [2.24, 2.45) is 0 Å². The Hall–Kier alpha value is -1.03. The van der Waals surface area contributed by atoms with Gasteiger partial charge >= 0.3 is 0 Å². The quantitative estimate of drug-likeness (QED) is 0.861. The molecule has 0 radical (unpaired) electrons. The van der Waals surface area contributed by atoms with Crippen LogP contribution in [0.15, 0.2) is 35.0 Å². The van der Waals surface area contributed by atoms with Crippen LogP contribution >= 0.6 is 22.9 Å². The minimum Gasteiger partial charge on any atom is -0.370 e. The van der Waals surface area contributed by atoms with E-state index >= 15 is 0 Å². The maximum Gasteiger partial charge on any atom is 0.0434 e. The maximum atomic E-state index is 6.10. The van der Waals surface area contributed by atoms with Crippen LogP contribution in [0.3, 0.4) is 0 Å². The van der Waals surface area contributed by atoms with Gasteiger partial charge in [-0.1, -0.05) is 18.5 Å². The third kappa shape index (κ3) is 3.96. The van der Waals surface area contributed by atoms with Crippen molar-refractivity contribution in [2.45, 2.75) is 20.0 Å². The number of nitrogens with zero attached hydrogens (tertiary/aromatic N) is 1. The third-order valence-corrected chi connectivity index (χ3v) is 3.99.